The van der Waals surface area contributed by atoms with Gasteiger partial charge in [-0.3, -0.25) is 5.32 Å². The van der Waals surface area contributed by atoms with E-state index in [1.54, 1.807) is 11.3 Å². The maximum atomic E-state index is 9.23. The van der Waals surface area contributed by atoms with E-state index in [9.17, 15) is 5.26 Å². The van der Waals surface area contributed by atoms with Crippen LogP contribution >= 0.6 is 43.2 Å². The standard InChI is InChI=1S/C13H10Br2N2S/c14-11-4-3-9(6-12(11)15)13(7-16)17-8-10-2-1-5-18-10/h1-6,13,17H,8H2. The van der Waals surface area contributed by atoms with E-state index in [2.05, 4.69) is 49.3 Å². The van der Waals surface area contributed by atoms with Gasteiger partial charge in [-0.2, -0.15) is 5.26 Å². The molecule has 0 amide bonds. The van der Waals surface area contributed by atoms with Gasteiger partial charge < -0.3 is 0 Å². The summed E-state index contributed by atoms with van der Waals surface area (Å²) in [5.41, 5.74) is 0.962. The molecule has 1 aromatic carbocycles. The van der Waals surface area contributed by atoms with Crippen LogP contribution in [0, 0.1) is 11.3 Å². The van der Waals surface area contributed by atoms with E-state index < -0.39 is 0 Å². The van der Waals surface area contributed by atoms with Gasteiger partial charge >= 0.3 is 0 Å². The van der Waals surface area contributed by atoms with Crippen LogP contribution in [0.2, 0.25) is 0 Å². The number of rotatable bonds is 4. The Balaban J connectivity index is 2.08. The number of hydrogen-bond donors (Lipinski definition) is 1. The predicted molar refractivity (Wildman–Crippen MR) is 81.4 cm³/mol. The van der Waals surface area contributed by atoms with Crippen molar-refractivity contribution in [2.24, 2.45) is 0 Å². The Kier molecular flexibility index (Phi) is 4.95. The van der Waals surface area contributed by atoms with Crippen molar-refractivity contribution in [1.82, 2.24) is 5.32 Å². The number of benzene rings is 1. The average Bonchev–Trinajstić information content (AvgIpc) is 2.87. The van der Waals surface area contributed by atoms with Crippen molar-refractivity contribution in [2.45, 2.75) is 12.6 Å². The van der Waals surface area contributed by atoms with Crippen molar-refractivity contribution in [3.63, 3.8) is 0 Å². The summed E-state index contributed by atoms with van der Waals surface area (Å²) in [4.78, 5) is 1.23. The van der Waals surface area contributed by atoms with Crippen LogP contribution in [0.4, 0.5) is 0 Å². The second-order valence-corrected chi connectivity index (χ2v) is 6.44. The lowest BCUT2D eigenvalue weighted by atomic mass is 10.1. The summed E-state index contributed by atoms with van der Waals surface area (Å²) in [6.07, 6.45) is 0. The van der Waals surface area contributed by atoms with Gasteiger partial charge in [-0.05, 0) is 61.0 Å². The molecule has 0 aliphatic rings. The summed E-state index contributed by atoms with van der Waals surface area (Å²) >= 11 is 8.56. The maximum Gasteiger partial charge on any atom is 0.121 e. The van der Waals surface area contributed by atoms with Gasteiger partial charge in [0.1, 0.15) is 6.04 Å². The summed E-state index contributed by atoms with van der Waals surface area (Å²) in [5.74, 6) is 0. The minimum absolute atomic E-state index is 0.295. The molecule has 0 aliphatic carbocycles. The summed E-state index contributed by atoms with van der Waals surface area (Å²) in [6.45, 7) is 0.712. The number of nitriles is 1. The molecule has 0 aliphatic heterocycles. The SMILES string of the molecule is N#CC(NCc1cccs1)c1ccc(Br)c(Br)c1. The lowest BCUT2D eigenvalue weighted by molar-refractivity contribution is 0.635. The quantitative estimate of drug-likeness (QED) is 0.832. The zero-order valence-electron chi connectivity index (χ0n) is 9.36. The topological polar surface area (TPSA) is 35.8 Å². The Labute approximate surface area is 127 Å². The fourth-order valence-corrected chi connectivity index (χ4v) is 2.84. The van der Waals surface area contributed by atoms with E-state index in [0.29, 0.717) is 6.54 Å². The Morgan fingerprint density at radius 3 is 2.72 bits per heavy atom. The monoisotopic (exact) mass is 384 g/mol. The van der Waals surface area contributed by atoms with Gasteiger partial charge in [0.15, 0.2) is 0 Å². The van der Waals surface area contributed by atoms with Crippen LogP contribution in [-0.2, 0) is 6.54 Å². The number of nitrogens with one attached hydrogen (secondary N) is 1. The second kappa shape index (κ2) is 6.48. The normalized spacial score (nSPS) is 12.1. The van der Waals surface area contributed by atoms with Gasteiger partial charge in [0.05, 0.1) is 6.07 Å². The molecule has 92 valence electrons. The molecule has 0 spiro atoms. The minimum Gasteiger partial charge on any atom is -0.293 e. The molecule has 1 atom stereocenters. The zero-order chi connectivity index (χ0) is 13.0. The molecule has 2 nitrogen and oxygen atoms in total. The predicted octanol–water partition coefficient (Wildman–Crippen LogP) is 4.63. The van der Waals surface area contributed by atoms with Gasteiger partial charge in [0, 0.05) is 20.4 Å². The highest BCUT2D eigenvalue weighted by molar-refractivity contribution is 9.13. The molecule has 1 unspecified atom stereocenters. The Morgan fingerprint density at radius 2 is 2.11 bits per heavy atom. The first-order valence-electron chi connectivity index (χ1n) is 5.31. The Bertz CT molecular complexity index is 561. The van der Waals surface area contributed by atoms with Crippen LogP contribution in [0.5, 0.6) is 0 Å². The third-order valence-electron chi connectivity index (χ3n) is 2.47. The molecule has 5 heteroatoms. The summed E-state index contributed by atoms with van der Waals surface area (Å²) < 4.78 is 1.94. The smallest absolute Gasteiger partial charge is 0.121 e. The lowest BCUT2D eigenvalue weighted by Crippen LogP contribution is -2.18. The molecular weight excluding hydrogens is 376 g/mol. The highest BCUT2D eigenvalue weighted by atomic mass is 79.9. The van der Waals surface area contributed by atoms with E-state index >= 15 is 0 Å². The molecule has 0 radical (unpaired) electrons. The highest BCUT2D eigenvalue weighted by Gasteiger charge is 2.11. The van der Waals surface area contributed by atoms with Crippen LogP contribution < -0.4 is 5.32 Å². The van der Waals surface area contributed by atoms with Crippen molar-refractivity contribution >= 4 is 43.2 Å². The van der Waals surface area contributed by atoms with Crippen LogP contribution in [0.1, 0.15) is 16.5 Å². The summed E-state index contributed by atoms with van der Waals surface area (Å²) in [5, 5.41) is 14.5. The first-order valence-corrected chi connectivity index (χ1v) is 7.77. The van der Waals surface area contributed by atoms with E-state index in [4.69, 9.17) is 0 Å². The minimum atomic E-state index is -0.295. The van der Waals surface area contributed by atoms with Gasteiger partial charge in [-0.1, -0.05) is 12.1 Å². The van der Waals surface area contributed by atoms with Crippen LogP contribution in [-0.4, -0.2) is 0 Å². The maximum absolute atomic E-state index is 9.23. The Morgan fingerprint density at radius 1 is 1.28 bits per heavy atom. The molecular formula is C13H10Br2N2S. The summed E-state index contributed by atoms with van der Waals surface area (Å²) in [7, 11) is 0. The zero-order valence-corrected chi connectivity index (χ0v) is 13.3. The molecule has 1 heterocycles. The highest BCUT2D eigenvalue weighted by Crippen LogP contribution is 2.26. The molecule has 2 rings (SSSR count). The molecule has 1 aromatic heterocycles. The third-order valence-corrected chi connectivity index (χ3v) is 5.22. The molecule has 0 bridgehead atoms. The molecule has 0 saturated carbocycles. The fraction of sp³-hybridized carbons (Fsp3) is 0.154. The van der Waals surface area contributed by atoms with Crippen molar-refractivity contribution in [3.8, 4) is 6.07 Å². The molecule has 1 N–H and O–H groups in total. The van der Waals surface area contributed by atoms with E-state index in [1.807, 2.05) is 29.6 Å². The number of halogens is 2. The van der Waals surface area contributed by atoms with Crippen LogP contribution in [0.3, 0.4) is 0 Å². The average molecular weight is 386 g/mol. The van der Waals surface area contributed by atoms with Crippen molar-refractivity contribution in [3.05, 3.63) is 55.1 Å². The van der Waals surface area contributed by atoms with Crippen molar-refractivity contribution < 1.29 is 0 Å². The van der Waals surface area contributed by atoms with Crippen LogP contribution in [0.15, 0.2) is 44.7 Å². The Hall–Kier alpha value is -0.670. The number of hydrogen-bond acceptors (Lipinski definition) is 3. The lowest BCUT2D eigenvalue weighted by Gasteiger charge is -2.12. The molecule has 18 heavy (non-hydrogen) atoms. The van der Waals surface area contributed by atoms with Crippen LogP contribution in [0.25, 0.3) is 0 Å². The van der Waals surface area contributed by atoms with Crippen molar-refractivity contribution in [2.75, 3.05) is 0 Å². The van der Waals surface area contributed by atoms with E-state index in [0.717, 1.165) is 14.5 Å². The largest absolute Gasteiger partial charge is 0.293 e. The van der Waals surface area contributed by atoms with E-state index in [1.165, 1.54) is 4.88 Å². The fourth-order valence-electron chi connectivity index (χ4n) is 1.55. The second-order valence-electron chi connectivity index (χ2n) is 3.70. The third kappa shape index (κ3) is 3.42. The van der Waals surface area contributed by atoms with Gasteiger partial charge in [-0.15, -0.1) is 11.3 Å². The number of thiophene rings is 1. The first-order chi connectivity index (χ1) is 8.70. The molecule has 0 fully saturated rings. The van der Waals surface area contributed by atoms with Gasteiger partial charge in [0.2, 0.25) is 0 Å². The van der Waals surface area contributed by atoms with Crippen molar-refractivity contribution in [1.29, 1.82) is 5.26 Å². The van der Waals surface area contributed by atoms with Gasteiger partial charge in [-0.25, -0.2) is 0 Å². The molecule has 0 saturated heterocycles. The summed E-state index contributed by atoms with van der Waals surface area (Å²) in [6, 6.07) is 11.9. The molecule has 2 aromatic rings. The van der Waals surface area contributed by atoms with Gasteiger partial charge in [0.25, 0.3) is 0 Å². The van der Waals surface area contributed by atoms with E-state index in [-0.39, 0.29) is 6.04 Å². The number of nitrogens with zero attached hydrogens (tertiary/aromatic N) is 1. The first kappa shape index (κ1) is 13.8.